The Bertz CT molecular complexity index is 726. The number of rotatable bonds is 1. The maximum atomic E-state index is 13.3. The Labute approximate surface area is 112 Å². The van der Waals surface area contributed by atoms with Gasteiger partial charge in [0.2, 0.25) is 5.82 Å². The second-order valence-corrected chi connectivity index (χ2v) is 4.33. The summed E-state index contributed by atoms with van der Waals surface area (Å²) < 4.78 is 25.3. The fourth-order valence-electron chi connectivity index (χ4n) is 1.99. The van der Waals surface area contributed by atoms with E-state index < -0.39 is 23.3 Å². The molecule has 7 heteroatoms. The predicted molar refractivity (Wildman–Crippen MR) is 67.0 cm³/mol. The molecule has 0 spiro atoms. The Morgan fingerprint density at radius 1 is 1.30 bits per heavy atom. The van der Waals surface area contributed by atoms with E-state index in [1.165, 1.54) is 0 Å². The van der Waals surface area contributed by atoms with E-state index in [1.54, 1.807) is 6.07 Å². The van der Waals surface area contributed by atoms with Crippen LogP contribution in [0.25, 0.3) is 0 Å². The second-order valence-electron chi connectivity index (χ2n) is 4.33. The first-order valence-electron chi connectivity index (χ1n) is 5.98. The summed E-state index contributed by atoms with van der Waals surface area (Å²) in [4.78, 5) is 24.6. The van der Waals surface area contributed by atoms with E-state index >= 15 is 0 Å². The summed E-state index contributed by atoms with van der Waals surface area (Å²) in [7, 11) is 0. The Morgan fingerprint density at radius 3 is 2.95 bits per heavy atom. The number of nitrogens with one attached hydrogen (secondary N) is 1. The molecule has 1 aliphatic heterocycles. The fraction of sp³-hybridized carbons (Fsp3) is 0.231. The molecule has 6 nitrogen and oxygen atoms in total. The van der Waals surface area contributed by atoms with Gasteiger partial charge in [-0.1, -0.05) is 18.2 Å². The largest absolute Gasteiger partial charge is 0.488 e. The Kier molecular flexibility index (Phi) is 3.11. The molecular weight excluding hydrogens is 267 g/mol. The van der Waals surface area contributed by atoms with E-state index in [0.717, 1.165) is 16.3 Å². The van der Waals surface area contributed by atoms with Gasteiger partial charge in [-0.3, -0.25) is 14.3 Å². The van der Waals surface area contributed by atoms with E-state index in [-0.39, 0.29) is 13.2 Å². The van der Waals surface area contributed by atoms with Crippen LogP contribution in [0, 0.1) is 5.82 Å². The van der Waals surface area contributed by atoms with Crippen molar-refractivity contribution >= 4 is 0 Å². The van der Waals surface area contributed by atoms with E-state index in [2.05, 4.69) is 0 Å². The number of ether oxygens (including phenoxy) is 2. The van der Waals surface area contributed by atoms with Gasteiger partial charge in [0.25, 0.3) is 5.56 Å². The molecular formula is C13H11FN2O4. The molecule has 1 aliphatic rings. The summed E-state index contributed by atoms with van der Waals surface area (Å²) in [6.45, 7) is 0.274. The molecule has 0 saturated heterocycles. The molecule has 1 atom stereocenters. The average Bonchev–Trinajstić information content (AvgIpc) is 2.65. The van der Waals surface area contributed by atoms with Gasteiger partial charge < -0.3 is 9.47 Å². The van der Waals surface area contributed by atoms with Crippen molar-refractivity contribution in [1.29, 1.82) is 0 Å². The minimum absolute atomic E-state index is 0.0441. The van der Waals surface area contributed by atoms with Crippen LogP contribution in [0.15, 0.2) is 40.1 Å². The van der Waals surface area contributed by atoms with Crippen LogP contribution >= 0.6 is 0 Å². The van der Waals surface area contributed by atoms with Gasteiger partial charge in [0.1, 0.15) is 12.4 Å². The molecule has 1 aromatic carbocycles. The smallest absolute Gasteiger partial charge is 0.330 e. The van der Waals surface area contributed by atoms with Gasteiger partial charge in [0.15, 0.2) is 6.23 Å². The number of hydrogen-bond acceptors (Lipinski definition) is 4. The van der Waals surface area contributed by atoms with Crippen LogP contribution in [-0.2, 0) is 11.3 Å². The monoisotopic (exact) mass is 278 g/mol. The number of halogens is 1. The van der Waals surface area contributed by atoms with Crippen LogP contribution in [0.4, 0.5) is 4.39 Å². The molecule has 0 radical (unpaired) electrons. The normalized spacial score (nSPS) is 17.9. The number of aromatic amines is 1. The van der Waals surface area contributed by atoms with Crippen LogP contribution in [0.3, 0.4) is 0 Å². The lowest BCUT2D eigenvalue weighted by Gasteiger charge is -2.16. The van der Waals surface area contributed by atoms with E-state index in [0.29, 0.717) is 5.75 Å². The lowest BCUT2D eigenvalue weighted by atomic mass is 10.2. The lowest BCUT2D eigenvalue weighted by molar-refractivity contribution is -0.0295. The highest BCUT2D eigenvalue weighted by molar-refractivity contribution is 5.33. The van der Waals surface area contributed by atoms with Crippen LogP contribution in [0.5, 0.6) is 5.75 Å². The highest BCUT2D eigenvalue weighted by Gasteiger charge is 2.20. The summed E-state index contributed by atoms with van der Waals surface area (Å²) in [5, 5.41) is 0. The maximum Gasteiger partial charge on any atom is 0.330 e. The van der Waals surface area contributed by atoms with E-state index in [1.807, 2.05) is 23.2 Å². The third-order valence-electron chi connectivity index (χ3n) is 3.02. The van der Waals surface area contributed by atoms with Crippen LogP contribution in [0.2, 0.25) is 0 Å². The zero-order chi connectivity index (χ0) is 14.1. The van der Waals surface area contributed by atoms with Crippen molar-refractivity contribution in [1.82, 2.24) is 9.55 Å². The Morgan fingerprint density at radius 2 is 2.10 bits per heavy atom. The third kappa shape index (κ3) is 2.23. The van der Waals surface area contributed by atoms with Gasteiger partial charge in [-0.05, 0) is 6.07 Å². The molecule has 3 rings (SSSR count). The van der Waals surface area contributed by atoms with Gasteiger partial charge >= 0.3 is 5.69 Å². The first kappa shape index (κ1) is 12.6. The van der Waals surface area contributed by atoms with Crippen molar-refractivity contribution < 1.29 is 13.9 Å². The summed E-state index contributed by atoms with van der Waals surface area (Å²) in [5.41, 5.74) is -0.951. The molecule has 0 saturated carbocycles. The van der Waals surface area contributed by atoms with Gasteiger partial charge in [0.05, 0.1) is 12.8 Å². The minimum atomic E-state index is -1.05. The topological polar surface area (TPSA) is 73.3 Å². The van der Waals surface area contributed by atoms with E-state index in [9.17, 15) is 14.0 Å². The second kappa shape index (κ2) is 4.93. The summed E-state index contributed by atoms with van der Waals surface area (Å²) in [5.74, 6) is -0.386. The average molecular weight is 278 g/mol. The van der Waals surface area contributed by atoms with Gasteiger partial charge in [-0.15, -0.1) is 0 Å². The number of aromatic nitrogens is 2. The van der Waals surface area contributed by atoms with Crippen molar-refractivity contribution in [3.05, 3.63) is 62.7 Å². The quantitative estimate of drug-likeness (QED) is 0.836. The zero-order valence-corrected chi connectivity index (χ0v) is 10.3. The summed E-state index contributed by atoms with van der Waals surface area (Å²) >= 11 is 0. The third-order valence-corrected chi connectivity index (χ3v) is 3.02. The van der Waals surface area contributed by atoms with Gasteiger partial charge in [-0.2, -0.15) is 4.39 Å². The molecule has 1 N–H and O–H groups in total. The van der Waals surface area contributed by atoms with Crippen molar-refractivity contribution in [3.63, 3.8) is 0 Å². The number of para-hydroxylation sites is 1. The van der Waals surface area contributed by atoms with Crippen LogP contribution in [-0.4, -0.2) is 16.2 Å². The molecule has 0 unspecified atom stereocenters. The standard InChI is InChI=1S/C13H11FN2O4/c14-9-5-16(13(18)15-12(9)17)11-7-19-10-4-2-1-3-8(10)6-20-11/h1-5,11H,6-7H2,(H,15,17,18)/t11-/m1/s1. The van der Waals surface area contributed by atoms with Gasteiger partial charge in [0, 0.05) is 5.56 Å². The molecule has 104 valence electrons. The number of benzene rings is 1. The molecule has 0 amide bonds. The first-order chi connectivity index (χ1) is 9.65. The fourth-order valence-corrected chi connectivity index (χ4v) is 1.99. The molecule has 0 aliphatic carbocycles. The number of H-pyrrole nitrogens is 1. The highest BCUT2D eigenvalue weighted by atomic mass is 19.1. The van der Waals surface area contributed by atoms with Crippen LogP contribution < -0.4 is 16.0 Å². The SMILES string of the molecule is O=c1[nH]c(=O)n([C@H]2COc3ccccc3CO2)cc1F. The molecule has 0 bridgehead atoms. The highest BCUT2D eigenvalue weighted by Crippen LogP contribution is 2.25. The van der Waals surface area contributed by atoms with Crippen molar-refractivity contribution in [3.8, 4) is 5.75 Å². The molecule has 2 aromatic rings. The number of fused-ring (bicyclic) bond motifs is 1. The Hall–Kier alpha value is -2.41. The van der Waals surface area contributed by atoms with Crippen LogP contribution in [0.1, 0.15) is 11.8 Å². The molecule has 1 aromatic heterocycles. The number of nitrogens with zero attached hydrogens (tertiary/aromatic N) is 1. The van der Waals surface area contributed by atoms with E-state index in [4.69, 9.17) is 9.47 Å². The van der Waals surface area contributed by atoms with Crippen molar-refractivity contribution in [2.45, 2.75) is 12.8 Å². The lowest BCUT2D eigenvalue weighted by Crippen LogP contribution is -2.36. The van der Waals surface area contributed by atoms with Crippen molar-refractivity contribution in [2.75, 3.05) is 6.61 Å². The maximum absolute atomic E-state index is 13.3. The molecule has 2 heterocycles. The van der Waals surface area contributed by atoms with Gasteiger partial charge in [-0.25, -0.2) is 4.79 Å². The molecule has 0 fully saturated rings. The zero-order valence-electron chi connectivity index (χ0n) is 10.3. The summed E-state index contributed by atoms with van der Waals surface area (Å²) in [6, 6.07) is 7.30. The Balaban J connectivity index is 1.93. The molecule has 20 heavy (non-hydrogen) atoms. The predicted octanol–water partition coefficient (Wildman–Crippen LogP) is 0.783. The summed E-state index contributed by atoms with van der Waals surface area (Å²) in [6.07, 6.45) is 0.0202. The first-order valence-corrected chi connectivity index (χ1v) is 5.98. The van der Waals surface area contributed by atoms with Crippen molar-refractivity contribution in [2.24, 2.45) is 0 Å². The number of hydrogen-bond donors (Lipinski definition) is 1. The minimum Gasteiger partial charge on any atom is -0.488 e.